The molecule has 1 N–H and O–H groups in total. The Hall–Kier alpha value is -0.980. The Bertz CT molecular complexity index is 211. The van der Waals surface area contributed by atoms with E-state index in [1.165, 1.54) is 44.1 Å². The number of hydrogen-bond acceptors (Lipinski definition) is 1. The zero-order valence-corrected chi connectivity index (χ0v) is 11.0. The van der Waals surface area contributed by atoms with Crippen LogP contribution in [0.1, 0.15) is 57.9 Å². The fourth-order valence-corrected chi connectivity index (χ4v) is 1.40. The lowest BCUT2D eigenvalue weighted by atomic mass is 10.1. The van der Waals surface area contributed by atoms with E-state index in [1.54, 1.807) is 12.1 Å². The van der Waals surface area contributed by atoms with Gasteiger partial charge < -0.3 is 5.11 Å². The van der Waals surface area contributed by atoms with Crippen LogP contribution >= 0.6 is 0 Å². The molecule has 1 nitrogen and oxygen atoms in total. The Morgan fingerprint density at radius 3 is 1.56 bits per heavy atom. The Kier molecular flexibility index (Phi) is 9.89. The van der Waals surface area contributed by atoms with Gasteiger partial charge in [0.15, 0.2) is 0 Å². The maximum absolute atomic E-state index is 8.76. The molecule has 1 aromatic rings. The summed E-state index contributed by atoms with van der Waals surface area (Å²) in [4.78, 5) is 0. The van der Waals surface area contributed by atoms with Gasteiger partial charge in [-0.15, -0.1) is 0 Å². The summed E-state index contributed by atoms with van der Waals surface area (Å²) in [5, 5.41) is 8.76. The molecule has 92 valence electrons. The van der Waals surface area contributed by atoms with Crippen LogP contribution in [0.2, 0.25) is 0 Å². The van der Waals surface area contributed by atoms with Gasteiger partial charge >= 0.3 is 0 Å². The van der Waals surface area contributed by atoms with Crippen LogP contribution in [-0.2, 0) is 0 Å². The number of benzene rings is 1. The topological polar surface area (TPSA) is 20.2 Å². The van der Waals surface area contributed by atoms with E-state index >= 15 is 0 Å². The number of aromatic hydroxyl groups is 1. The molecule has 0 saturated heterocycles. The van der Waals surface area contributed by atoms with E-state index in [9.17, 15) is 0 Å². The van der Waals surface area contributed by atoms with E-state index in [1.807, 2.05) is 19.1 Å². The van der Waals surface area contributed by atoms with Gasteiger partial charge in [0.2, 0.25) is 0 Å². The second-order valence-corrected chi connectivity index (χ2v) is 4.25. The highest BCUT2D eigenvalue weighted by atomic mass is 16.3. The van der Waals surface area contributed by atoms with E-state index in [-0.39, 0.29) is 0 Å². The number of phenolic OH excluding ortho intramolecular Hbond substituents is 1. The van der Waals surface area contributed by atoms with E-state index in [0.717, 1.165) is 0 Å². The summed E-state index contributed by atoms with van der Waals surface area (Å²) in [6, 6.07) is 7.09. The third-order valence-electron chi connectivity index (χ3n) is 2.49. The predicted molar refractivity (Wildman–Crippen MR) is 71.9 cm³/mol. The summed E-state index contributed by atoms with van der Waals surface area (Å²) < 4.78 is 0. The molecule has 0 bridgehead atoms. The highest BCUT2D eigenvalue weighted by Gasteiger charge is 1.83. The van der Waals surface area contributed by atoms with Crippen LogP contribution in [0, 0.1) is 6.92 Å². The largest absolute Gasteiger partial charge is 0.508 e. The Balaban J connectivity index is 0.000000281. The van der Waals surface area contributed by atoms with E-state index in [2.05, 4.69) is 13.8 Å². The zero-order valence-electron chi connectivity index (χ0n) is 11.0. The first kappa shape index (κ1) is 15.0. The predicted octanol–water partition coefficient (Wildman–Crippen LogP) is 5.07. The maximum atomic E-state index is 8.76. The van der Waals surface area contributed by atoms with Gasteiger partial charge in [-0.05, 0) is 19.1 Å². The molecule has 0 saturated carbocycles. The quantitative estimate of drug-likeness (QED) is 0.690. The first-order valence-electron chi connectivity index (χ1n) is 6.46. The molecule has 0 aliphatic rings. The van der Waals surface area contributed by atoms with Crippen LogP contribution in [0.25, 0.3) is 0 Å². The molecule has 0 aromatic heterocycles. The molecule has 0 aliphatic carbocycles. The van der Waals surface area contributed by atoms with Crippen molar-refractivity contribution >= 4 is 0 Å². The summed E-state index contributed by atoms with van der Waals surface area (Å²) >= 11 is 0. The van der Waals surface area contributed by atoms with Gasteiger partial charge in [0.05, 0.1) is 0 Å². The van der Waals surface area contributed by atoms with Crippen molar-refractivity contribution in [1.29, 1.82) is 0 Å². The SMILES string of the molecule is CCCCCCCC.Cc1ccc(O)cc1. The Morgan fingerprint density at radius 2 is 1.25 bits per heavy atom. The molecular weight excluding hydrogens is 196 g/mol. The van der Waals surface area contributed by atoms with Gasteiger partial charge in [0.1, 0.15) is 5.75 Å². The lowest BCUT2D eigenvalue weighted by Gasteiger charge is -1.93. The second-order valence-electron chi connectivity index (χ2n) is 4.25. The van der Waals surface area contributed by atoms with E-state index in [0.29, 0.717) is 5.75 Å². The van der Waals surface area contributed by atoms with Gasteiger partial charge in [-0.25, -0.2) is 0 Å². The normalized spacial score (nSPS) is 9.44. The maximum Gasteiger partial charge on any atom is 0.115 e. The average Bonchev–Trinajstić information content (AvgIpc) is 2.30. The molecule has 0 fully saturated rings. The van der Waals surface area contributed by atoms with Crippen molar-refractivity contribution in [1.82, 2.24) is 0 Å². The van der Waals surface area contributed by atoms with Crippen molar-refractivity contribution in [2.75, 3.05) is 0 Å². The molecule has 1 rings (SSSR count). The lowest BCUT2D eigenvalue weighted by molar-refractivity contribution is 0.475. The summed E-state index contributed by atoms with van der Waals surface area (Å²) in [5.41, 5.74) is 1.17. The molecule has 0 heterocycles. The van der Waals surface area contributed by atoms with Crippen molar-refractivity contribution in [2.24, 2.45) is 0 Å². The van der Waals surface area contributed by atoms with Crippen LogP contribution in [0.15, 0.2) is 24.3 Å². The number of unbranched alkanes of at least 4 members (excludes halogenated alkanes) is 5. The van der Waals surface area contributed by atoms with E-state index < -0.39 is 0 Å². The summed E-state index contributed by atoms with van der Waals surface area (Å²) in [6.45, 7) is 6.50. The van der Waals surface area contributed by atoms with Gasteiger partial charge in [-0.1, -0.05) is 70.1 Å². The van der Waals surface area contributed by atoms with Gasteiger partial charge in [0.25, 0.3) is 0 Å². The van der Waals surface area contributed by atoms with Crippen molar-refractivity contribution in [2.45, 2.75) is 59.3 Å². The molecular formula is C15H26O. The highest BCUT2D eigenvalue weighted by molar-refractivity contribution is 5.24. The zero-order chi connectivity index (χ0) is 12.2. The number of rotatable bonds is 5. The van der Waals surface area contributed by atoms with Crippen LogP contribution < -0.4 is 0 Å². The summed E-state index contributed by atoms with van der Waals surface area (Å²) in [5.74, 6) is 0.329. The molecule has 0 spiro atoms. The monoisotopic (exact) mass is 222 g/mol. The molecule has 0 amide bonds. The smallest absolute Gasteiger partial charge is 0.115 e. The Labute approximate surface area is 101 Å². The lowest BCUT2D eigenvalue weighted by Crippen LogP contribution is -1.73. The minimum absolute atomic E-state index is 0.329. The van der Waals surface area contributed by atoms with Crippen molar-refractivity contribution in [3.8, 4) is 5.75 Å². The van der Waals surface area contributed by atoms with Crippen molar-refractivity contribution < 1.29 is 5.11 Å². The third kappa shape index (κ3) is 9.57. The number of phenols is 1. The van der Waals surface area contributed by atoms with Crippen LogP contribution in [0.3, 0.4) is 0 Å². The van der Waals surface area contributed by atoms with Gasteiger partial charge in [-0.2, -0.15) is 0 Å². The molecule has 16 heavy (non-hydrogen) atoms. The fourth-order valence-electron chi connectivity index (χ4n) is 1.40. The Morgan fingerprint density at radius 1 is 0.812 bits per heavy atom. The standard InChI is InChI=1S/C8H18.C7H8O/c1-3-5-7-8-6-4-2;1-6-2-4-7(8)5-3-6/h3-8H2,1-2H3;2-5,8H,1H3. The third-order valence-corrected chi connectivity index (χ3v) is 2.49. The molecule has 1 aromatic carbocycles. The second kappa shape index (κ2) is 10.5. The summed E-state index contributed by atoms with van der Waals surface area (Å²) in [6.07, 6.45) is 8.49. The average molecular weight is 222 g/mol. The first-order valence-corrected chi connectivity index (χ1v) is 6.46. The van der Waals surface area contributed by atoms with Crippen molar-refractivity contribution in [3.05, 3.63) is 29.8 Å². The molecule has 0 unspecified atom stereocenters. The first-order chi connectivity index (χ1) is 7.70. The summed E-state index contributed by atoms with van der Waals surface area (Å²) in [7, 11) is 0. The minimum Gasteiger partial charge on any atom is -0.508 e. The van der Waals surface area contributed by atoms with Crippen LogP contribution in [0.4, 0.5) is 0 Å². The van der Waals surface area contributed by atoms with Gasteiger partial charge in [-0.3, -0.25) is 0 Å². The molecule has 0 atom stereocenters. The molecule has 0 aliphatic heterocycles. The number of aryl methyl sites for hydroxylation is 1. The highest BCUT2D eigenvalue weighted by Crippen LogP contribution is 2.07. The van der Waals surface area contributed by atoms with Crippen LogP contribution in [-0.4, -0.2) is 5.11 Å². The fraction of sp³-hybridized carbons (Fsp3) is 0.600. The number of hydrogen-bond donors (Lipinski definition) is 1. The minimum atomic E-state index is 0.329. The van der Waals surface area contributed by atoms with Crippen molar-refractivity contribution in [3.63, 3.8) is 0 Å². The van der Waals surface area contributed by atoms with E-state index in [4.69, 9.17) is 5.11 Å². The van der Waals surface area contributed by atoms with Gasteiger partial charge in [0, 0.05) is 0 Å². The van der Waals surface area contributed by atoms with Crippen LogP contribution in [0.5, 0.6) is 5.75 Å². The molecule has 1 heteroatoms. The molecule has 0 radical (unpaired) electrons.